The third-order valence-corrected chi connectivity index (χ3v) is 4.69. The number of piperazine rings is 1. The summed E-state index contributed by atoms with van der Waals surface area (Å²) in [7, 11) is 2.24. The van der Waals surface area contributed by atoms with E-state index < -0.39 is 0 Å². The fourth-order valence-electron chi connectivity index (χ4n) is 3.31. The smallest absolute Gasteiger partial charge is 0.128 e. The molecule has 0 N–H and O–H groups in total. The first-order valence-corrected chi connectivity index (χ1v) is 7.89. The zero-order valence-electron chi connectivity index (χ0n) is 12.1. The Morgan fingerprint density at radius 1 is 1.15 bits per heavy atom. The summed E-state index contributed by atoms with van der Waals surface area (Å²) in [6, 6.07) is 4.69. The van der Waals surface area contributed by atoms with E-state index >= 15 is 0 Å². The van der Waals surface area contributed by atoms with E-state index in [0.717, 1.165) is 38.0 Å². The van der Waals surface area contributed by atoms with Crippen LogP contribution in [-0.2, 0) is 0 Å². The molecule has 1 aromatic rings. The van der Waals surface area contributed by atoms with Gasteiger partial charge < -0.3 is 9.80 Å². The highest BCUT2D eigenvalue weighted by Gasteiger charge is 2.27. The largest absolute Gasteiger partial charge is 0.354 e. The van der Waals surface area contributed by atoms with Crippen LogP contribution in [0.5, 0.6) is 0 Å². The first-order chi connectivity index (χ1) is 9.72. The van der Waals surface area contributed by atoms with E-state index in [2.05, 4.69) is 26.7 Å². The number of nitrogens with zero attached hydrogens (tertiary/aromatic N) is 4. The molecule has 0 saturated carbocycles. The van der Waals surface area contributed by atoms with Crippen LogP contribution < -0.4 is 4.90 Å². The van der Waals surface area contributed by atoms with E-state index in [0.29, 0.717) is 5.02 Å². The molecular formula is C15H23ClN4. The summed E-state index contributed by atoms with van der Waals surface area (Å²) in [4.78, 5) is 11.9. The van der Waals surface area contributed by atoms with Crippen LogP contribution in [0, 0.1) is 0 Å². The van der Waals surface area contributed by atoms with Gasteiger partial charge in [0.25, 0.3) is 0 Å². The molecule has 0 spiro atoms. The Bertz CT molecular complexity index is 428. The van der Waals surface area contributed by atoms with Gasteiger partial charge in [-0.2, -0.15) is 0 Å². The Hall–Kier alpha value is -0.840. The number of piperidine rings is 1. The molecule has 0 aliphatic carbocycles. The van der Waals surface area contributed by atoms with Crippen molar-refractivity contribution in [3.63, 3.8) is 0 Å². The molecule has 0 aromatic carbocycles. The van der Waals surface area contributed by atoms with E-state index in [9.17, 15) is 0 Å². The minimum absolute atomic E-state index is 0.706. The lowest BCUT2D eigenvalue weighted by atomic mass is 10.0. The highest BCUT2D eigenvalue weighted by molar-refractivity contribution is 6.30. The van der Waals surface area contributed by atoms with Gasteiger partial charge in [-0.05, 0) is 38.6 Å². The molecule has 2 fully saturated rings. The Kier molecular flexibility index (Phi) is 4.44. The van der Waals surface area contributed by atoms with Crippen LogP contribution in [0.1, 0.15) is 12.8 Å². The molecule has 3 heterocycles. The number of likely N-dealkylation sites (N-methyl/N-ethyl adjacent to an activating group) is 1. The fourth-order valence-corrected chi connectivity index (χ4v) is 3.42. The molecule has 2 aliphatic rings. The van der Waals surface area contributed by atoms with Crippen molar-refractivity contribution >= 4 is 17.4 Å². The summed E-state index contributed by atoms with van der Waals surface area (Å²) >= 11 is 5.90. The minimum Gasteiger partial charge on any atom is -0.354 e. The number of pyridine rings is 1. The normalized spacial score (nSPS) is 25.9. The summed E-state index contributed by atoms with van der Waals surface area (Å²) < 4.78 is 0. The van der Waals surface area contributed by atoms with Gasteiger partial charge in [-0.1, -0.05) is 11.6 Å². The summed E-state index contributed by atoms with van der Waals surface area (Å²) in [6.07, 6.45) is 4.42. The molecule has 0 radical (unpaired) electrons. The molecule has 0 amide bonds. The third kappa shape index (κ3) is 3.25. The van der Waals surface area contributed by atoms with Crippen molar-refractivity contribution in [2.45, 2.75) is 18.9 Å². The first-order valence-electron chi connectivity index (χ1n) is 7.51. The molecule has 5 heteroatoms. The number of hydrogen-bond donors (Lipinski definition) is 0. The van der Waals surface area contributed by atoms with Gasteiger partial charge in [0.15, 0.2) is 0 Å². The lowest BCUT2D eigenvalue weighted by Crippen LogP contribution is -2.54. The molecule has 2 saturated heterocycles. The molecule has 110 valence electrons. The first kappa shape index (κ1) is 14.1. The quantitative estimate of drug-likeness (QED) is 0.831. The van der Waals surface area contributed by atoms with Crippen LogP contribution >= 0.6 is 11.6 Å². The molecule has 1 atom stereocenters. The molecule has 1 aromatic heterocycles. The van der Waals surface area contributed by atoms with Crippen molar-refractivity contribution in [2.24, 2.45) is 0 Å². The maximum absolute atomic E-state index is 5.90. The summed E-state index contributed by atoms with van der Waals surface area (Å²) in [5.74, 6) is 1.05. The van der Waals surface area contributed by atoms with Gasteiger partial charge >= 0.3 is 0 Å². The predicted octanol–water partition coefficient (Wildman–Crippen LogP) is 1.95. The lowest BCUT2D eigenvalue weighted by Gasteiger charge is -2.43. The third-order valence-electron chi connectivity index (χ3n) is 4.47. The lowest BCUT2D eigenvalue weighted by molar-refractivity contribution is 0.106. The zero-order chi connectivity index (χ0) is 13.9. The average Bonchev–Trinajstić information content (AvgIpc) is 2.48. The molecule has 4 nitrogen and oxygen atoms in total. The van der Waals surface area contributed by atoms with Crippen molar-refractivity contribution in [1.82, 2.24) is 14.8 Å². The van der Waals surface area contributed by atoms with Crippen molar-refractivity contribution in [3.8, 4) is 0 Å². The van der Waals surface area contributed by atoms with E-state index in [1.807, 2.05) is 12.1 Å². The molecule has 3 rings (SSSR count). The maximum Gasteiger partial charge on any atom is 0.128 e. The summed E-state index contributed by atoms with van der Waals surface area (Å²) in [6.45, 7) is 6.89. The summed E-state index contributed by atoms with van der Waals surface area (Å²) in [5.41, 5.74) is 0. The second-order valence-electron chi connectivity index (χ2n) is 5.92. The van der Waals surface area contributed by atoms with E-state index in [1.54, 1.807) is 6.20 Å². The SMILES string of the molecule is CN1CCCC(N2CCN(c3ccc(Cl)cn3)CC2)C1. The van der Waals surface area contributed by atoms with Crippen LogP contribution in [0.15, 0.2) is 18.3 Å². The molecular weight excluding hydrogens is 272 g/mol. The number of anilines is 1. The number of hydrogen-bond acceptors (Lipinski definition) is 4. The topological polar surface area (TPSA) is 22.6 Å². The van der Waals surface area contributed by atoms with Crippen LogP contribution in [0.3, 0.4) is 0 Å². The number of likely N-dealkylation sites (tertiary alicyclic amines) is 1. The van der Waals surface area contributed by atoms with Crippen LogP contribution in [0.2, 0.25) is 5.02 Å². The van der Waals surface area contributed by atoms with Crippen LogP contribution in [0.25, 0.3) is 0 Å². The molecule has 1 unspecified atom stereocenters. The van der Waals surface area contributed by atoms with Crippen molar-refractivity contribution in [1.29, 1.82) is 0 Å². The monoisotopic (exact) mass is 294 g/mol. The molecule has 20 heavy (non-hydrogen) atoms. The van der Waals surface area contributed by atoms with Crippen molar-refractivity contribution in [3.05, 3.63) is 23.4 Å². The van der Waals surface area contributed by atoms with Crippen LogP contribution in [-0.4, -0.2) is 67.1 Å². The van der Waals surface area contributed by atoms with Gasteiger partial charge in [0.05, 0.1) is 5.02 Å². The van der Waals surface area contributed by atoms with Crippen LogP contribution in [0.4, 0.5) is 5.82 Å². The number of aromatic nitrogens is 1. The fraction of sp³-hybridized carbons (Fsp3) is 0.667. The van der Waals surface area contributed by atoms with Gasteiger partial charge in [0.1, 0.15) is 5.82 Å². The molecule has 0 bridgehead atoms. The van der Waals surface area contributed by atoms with Crippen molar-refractivity contribution < 1.29 is 0 Å². The second kappa shape index (κ2) is 6.29. The zero-order valence-corrected chi connectivity index (χ0v) is 12.9. The Morgan fingerprint density at radius 2 is 1.95 bits per heavy atom. The minimum atomic E-state index is 0.706. The summed E-state index contributed by atoms with van der Waals surface area (Å²) in [5, 5.41) is 0.706. The van der Waals surface area contributed by atoms with Gasteiger partial charge in [-0.25, -0.2) is 4.98 Å². The highest BCUT2D eigenvalue weighted by atomic mass is 35.5. The Balaban J connectivity index is 1.55. The standard InChI is InChI=1S/C15H23ClN4/c1-18-6-2-3-14(12-18)19-7-9-20(10-8-19)15-5-4-13(16)11-17-15/h4-5,11,14H,2-3,6-10,12H2,1H3. The Morgan fingerprint density at radius 3 is 2.60 bits per heavy atom. The average molecular weight is 295 g/mol. The van der Waals surface area contributed by atoms with Crippen molar-refractivity contribution in [2.75, 3.05) is 51.2 Å². The van der Waals surface area contributed by atoms with E-state index in [1.165, 1.54) is 25.9 Å². The van der Waals surface area contributed by atoms with Gasteiger partial charge in [0.2, 0.25) is 0 Å². The van der Waals surface area contributed by atoms with E-state index in [4.69, 9.17) is 11.6 Å². The maximum atomic E-state index is 5.90. The predicted molar refractivity (Wildman–Crippen MR) is 83.6 cm³/mol. The second-order valence-corrected chi connectivity index (χ2v) is 6.35. The van der Waals surface area contributed by atoms with Gasteiger partial charge in [-0.3, -0.25) is 4.90 Å². The number of rotatable bonds is 2. The highest BCUT2D eigenvalue weighted by Crippen LogP contribution is 2.20. The number of halogens is 1. The van der Waals surface area contributed by atoms with Gasteiger partial charge in [-0.15, -0.1) is 0 Å². The Labute approximate surface area is 126 Å². The van der Waals surface area contributed by atoms with E-state index in [-0.39, 0.29) is 0 Å². The van der Waals surface area contributed by atoms with Gasteiger partial charge in [0, 0.05) is 45.0 Å². The molecule has 2 aliphatic heterocycles.